The van der Waals surface area contributed by atoms with Crippen molar-refractivity contribution in [2.75, 3.05) is 5.32 Å². The molecule has 0 unspecified atom stereocenters. The Balaban J connectivity index is 1.83. The number of hydrogen-bond acceptors (Lipinski definition) is 3. The molecule has 0 radical (unpaired) electrons. The molecule has 0 saturated carbocycles. The molecule has 0 saturated heterocycles. The second kappa shape index (κ2) is 6.40. The number of aromatic nitrogens is 3. The molecule has 0 bridgehead atoms. The highest BCUT2D eigenvalue weighted by molar-refractivity contribution is 6.30. The summed E-state index contributed by atoms with van der Waals surface area (Å²) in [6.45, 7) is 1.90. The number of halogens is 2. The van der Waals surface area contributed by atoms with Gasteiger partial charge in [0.2, 0.25) is 0 Å². The van der Waals surface area contributed by atoms with Crippen LogP contribution in [0.2, 0.25) is 10.2 Å². The average molecular weight is 347 g/mol. The fourth-order valence-corrected chi connectivity index (χ4v) is 2.40. The van der Waals surface area contributed by atoms with E-state index in [-0.39, 0.29) is 5.91 Å². The molecule has 2 heterocycles. The number of nitrogens with zero attached hydrogens (tertiary/aromatic N) is 3. The molecule has 0 aliphatic heterocycles. The molecular weight excluding hydrogens is 335 g/mol. The number of aryl methyl sites for hydroxylation is 1. The summed E-state index contributed by atoms with van der Waals surface area (Å²) in [5, 5.41) is 8.08. The van der Waals surface area contributed by atoms with Gasteiger partial charge >= 0.3 is 0 Å². The summed E-state index contributed by atoms with van der Waals surface area (Å²) < 4.78 is 1.71. The van der Waals surface area contributed by atoms with E-state index in [4.69, 9.17) is 23.2 Å². The minimum Gasteiger partial charge on any atom is -0.305 e. The first kappa shape index (κ1) is 15.5. The summed E-state index contributed by atoms with van der Waals surface area (Å²) >= 11 is 11.7. The molecule has 0 aliphatic carbocycles. The van der Waals surface area contributed by atoms with E-state index in [1.54, 1.807) is 35.0 Å². The molecule has 2 aromatic heterocycles. The zero-order valence-electron chi connectivity index (χ0n) is 12.1. The Labute approximate surface area is 142 Å². The molecule has 0 fully saturated rings. The van der Waals surface area contributed by atoms with Crippen molar-refractivity contribution >= 4 is 34.9 Å². The van der Waals surface area contributed by atoms with Crippen molar-refractivity contribution in [1.29, 1.82) is 0 Å². The van der Waals surface area contributed by atoms with E-state index in [0.29, 0.717) is 21.6 Å². The number of hydrogen-bond donors (Lipinski definition) is 1. The lowest BCUT2D eigenvalue weighted by atomic mass is 10.3. The van der Waals surface area contributed by atoms with E-state index < -0.39 is 0 Å². The Bertz CT molecular complexity index is 859. The molecular formula is C16H12Cl2N4O. The van der Waals surface area contributed by atoms with Crippen molar-refractivity contribution in [1.82, 2.24) is 14.8 Å². The van der Waals surface area contributed by atoms with Crippen LogP contribution in [0.4, 0.5) is 5.82 Å². The van der Waals surface area contributed by atoms with Gasteiger partial charge in [-0.3, -0.25) is 4.79 Å². The molecule has 1 aromatic carbocycles. The zero-order valence-corrected chi connectivity index (χ0v) is 13.6. The maximum Gasteiger partial charge on any atom is 0.258 e. The Morgan fingerprint density at radius 3 is 2.70 bits per heavy atom. The lowest BCUT2D eigenvalue weighted by Gasteiger charge is -2.04. The van der Waals surface area contributed by atoms with Gasteiger partial charge in [0.15, 0.2) is 5.82 Å². The van der Waals surface area contributed by atoms with Gasteiger partial charge in [0.05, 0.1) is 11.3 Å². The van der Waals surface area contributed by atoms with E-state index in [2.05, 4.69) is 15.4 Å². The third-order valence-corrected chi connectivity index (χ3v) is 3.63. The molecule has 5 nitrogen and oxygen atoms in total. The number of carbonyl (C=O) groups is 1. The van der Waals surface area contributed by atoms with Crippen LogP contribution in [-0.2, 0) is 0 Å². The number of nitrogens with one attached hydrogen (secondary N) is 1. The minimum absolute atomic E-state index is 0.301. The quantitative estimate of drug-likeness (QED) is 0.725. The first-order chi connectivity index (χ1) is 11.0. The summed E-state index contributed by atoms with van der Waals surface area (Å²) in [7, 11) is 0. The molecule has 7 heteroatoms. The summed E-state index contributed by atoms with van der Waals surface area (Å²) in [6.07, 6.45) is 1.42. The molecule has 3 rings (SSSR count). The molecule has 1 amide bonds. The van der Waals surface area contributed by atoms with Crippen LogP contribution in [0.15, 0.2) is 48.7 Å². The second-order valence-corrected chi connectivity index (χ2v) is 5.71. The Morgan fingerprint density at radius 1 is 1.17 bits per heavy atom. The fourth-order valence-electron chi connectivity index (χ4n) is 2.10. The topological polar surface area (TPSA) is 59.8 Å². The number of rotatable bonds is 3. The van der Waals surface area contributed by atoms with Gasteiger partial charge in [-0.15, -0.1) is 5.10 Å². The van der Waals surface area contributed by atoms with E-state index in [1.807, 2.05) is 19.1 Å². The highest BCUT2D eigenvalue weighted by Gasteiger charge is 2.11. The van der Waals surface area contributed by atoms with Crippen LogP contribution in [-0.4, -0.2) is 20.7 Å². The first-order valence-corrected chi connectivity index (χ1v) is 7.54. The number of anilines is 1. The lowest BCUT2D eigenvalue weighted by Crippen LogP contribution is -2.12. The Hall–Kier alpha value is -2.37. The predicted octanol–water partition coefficient (Wildman–Crippen LogP) is 4.13. The fraction of sp³-hybridized carbons (Fsp3) is 0.0625. The average Bonchev–Trinajstić information content (AvgIpc) is 2.88. The summed E-state index contributed by atoms with van der Waals surface area (Å²) in [5.41, 5.74) is 2.10. The van der Waals surface area contributed by atoms with Crippen molar-refractivity contribution in [2.24, 2.45) is 0 Å². The van der Waals surface area contributed by atoms with Gasteiger partial charge < -0.3 is 5.32 Å². The van der Waals surface area contributed by atoms with Gasteiger partial charge in [0.25, 0.3) is 5.91 Å². The van der Waals surface area contributed by atoms with E-state index >= 15 is 0 Å². The van der Waals surface area contributed by atoms with Crippen LogP contribution < -0.4 is 5.32 Å². The highest BCUT2D eigenvalue weighted by Crippen LogP contribution is 2.19. The third kappa shape index (κ3) is 3.52. The largest absolute Gasteiger partial charge is 0.305 e. The predicted molar refractivity (Wildman–Crippen MR) is 90.5 cm³/mol. The number of amides is 1. The number of benzene rings is 1. The van der Waals surface area contributed by atoms with Gasteiger partial charge in [-0.1, -0.05) is 29.3 Å². The minimum atomic E-state index is -0.301. The molecule has 0 spiro atoms. The van der Waals surface area contributed by atoms with Crippen molar-refractivity contribution in [2.45, 2.75) is 6.92 Å². The zero-order chi connectivity index (χ0) is 16.4. The molecule has 0 atom stereocenters. The van der Waals surface area contributed by atoms with Gasteiger partial charge in [0, 0.05) is 23.0 Å². The van der Waals surface area contributed by atoms with Crippen LogP contribution in [0.1, 0.15) is 16.1 Å². The maximum atomic E-state index is 12.2. The van der Waals surface area contributed by atoms with Crippen molar-refractivity contribution in [3.05, 3.63) is 70.1 Å². The number of carbonyl (C=O) groups excluding carboxylic acids is 1. The highest BCUT2D eigenvalue weighted by atomic mass is 35.5. The summed E-state index contributed by atoms with van der Waals surface area (Å²) in [4.78, 5) is 16.1. The maximum absolute atomic E-state index is 12.2. The van der Waals surface area contributed by atoms with Crippen LogP contribution in [0.5, 0.6) is 0 Å². The number of pyridine rings is 1. The van der Waals surface area contributed by atoms with Crippen molar-refractivity contribution in [3.8, 4) is 5.69 Å². The van der Waals surface area contributed by atoms with E-state index in [1.165, 1.54) is 6.20 Å². The first-order valence-electron chi connectivity index (χ1n) is 6.78. The van der Waals surface area contributed by atoms with Crippen LogP contribution >= 0.6 is 23.2 Å². The second-order valence-electron chi connectivity index (χ2n) is 4.89. The van der Waals surface area contributed by atoms with E-state index in [9.17, 15) is 4.79 Å². The standard InChI is InChI=1S/C16H12Cl2N4O/c1-10-7-15(20-16(23)11-5-6-14(18)19-9-11)21-22(10)13-4-2-3-12(17)8-13/h2-9H,1H3,(H,20,21,23). The Kier molecular flexibility index (Phi) is 4.32. The van der Waals surface area contributed by atoms with E-state index in [0.717, 1.165) is 11.4 Å². The molecule has 23 heavy (non-hydrogen) atoms. The summed E-state index contributed by atoms with van der Waals surface area (Å²) in [5.74, 6) is 0.146. The molecule has 116 valence electrons. The van der Waals surface area contributed by atoms with Crippen molar-refractivity contribution < 1.29 is 4.79 Å². The van der Waals surface area contributed by atoms with Crippen LogP contribution in [0.3, 0.4) is 0 Å². The van der Waals surface area contributed by atoms with Crippen LogP contribution in [0.25, 0.3) is 5.69 Å². The normalized spacial score (nSPS) is 10.6. The van der Waals surface area contributed by atoms with Crippen LogP contribution in [0, 0.1) is 6.92 Å². The third-order valence-electron chi connectivity index (χ3n) is 3.17. The molecule has 0 aliphatic rings. The SMILES string of the molecule is Cc1cc(NC(=O)c2ccc(Cl)nc2)nn1-c1cccc(Cl)c1. The smallest absolute Gasteiger partial charge is 0.258 e. The molecule has 3 aromatic rings. The van der Waals surface area contributed by atoms with Gasteiger partial charge in [-0.25, -0.2) is 9.67 Å². The van der Waals surface area contributed by atoms with Crippen molar-refractivity contribution in [3.63, 3.8) is 0 Å². The van der Waals surface area contributed by atoms with Gasteiger partial charge in [-0.05, 0) is 37.3 Å². The molecule has 1 N–H and O–H groups in total. The Morgan fingerprint density at radius 2 is 2.00 bits per heavy atom. The summed E-state index contributed by atoms with van der Waals surface area (Å²) in [6, 6.07) is 12.3. The van der Waals surface area contributed by atoms with Gasteiger partial charge in [-0.2, -0.15) is 0 Å². The monoisotopic (exact) mass is 346 g/mol. The lowest BCUT2D eigenvalue weighted by molar-refractivity contribution is 0.102. The van der Waals surface area contributed by atoms with Gasteiger partial charge in [0.1, 0.15) is 5.15 Å².